The molecule has 1 fully saturated rings. The van der Waals surface area contributed by atoms with Crippen molar-refractivity contribution >= 4 is 17.4 Å². The Morgan fingerprint density at radius 3 is 2.90 bits per heavy atom. The van der Waals surface area contributed by atoms with E-state index in [0.29, 0.717) is 17.1 Å². The Hall–Kier alpha value is -0.870. The molecule has 1 aliphatic rings. The molecule has 0 saturated carbocycles. The molecule has 1 N–H and O–H groups in total. The lowest BCUT2D eigenvalue weighted by atomic mass is 10.1. The Morgan fingerprint density at radius 2 is 2.25 bits per heavy atom. The maximum atomic E-state index is 6.17. The Labute approximate surface area is 126 Å². The number of hydrogen-bond donors (Lipinski definition) is 1. The van der Waals surface area contributed by atoms with E-state index in [-0.39, 0.29) is 0 Å². The zero-order chi connectivity index (χ0) is 14.5. The van der Waals surface area contributed by atoms with Crippen molar-refractivity contribution in [3.63, 3.8) is 0 Å². The lowest BCUT2D eigenvalue weighted by Gasteiger charge is -2.20. The quantitative estimate of drug-likeness (QED) is 0.818. The Morgan fingerprint density at radius 1 is 1.45 bits per heavy atom. The highest BCUT2D eigenvalue weighted by Gasteiger charge is 2.24. The van der Waals surface area contributed by atoms with Gasteiger partial charge in [-0.25, -0.2) is 9.97 Å². The molecule has 0 aliphatic carbocycles. The van der Waals surface area contributed by atoms with E-state index >= 15 is 0 Å². The van der Waals surface area contributed by atoms with Crippen molar-refractivity contribution in [1.82, 2.24) is 14.9 Å². The summed E-state index contributed by atoms with van der Waals surface area (Å²) in [7, 11) is 0. The number of likely N-dealkylation sites (tertiary alicyclic amines) is 1. The number of rotatable bonds is 6. The second-order valence-corrected chi connectivity index (χ2v) is 6.22. The fraction of sp³-hybridized carbons (Fsp3) is 0.733. The molecule has 1 aromatic rings. The van der Waals surface area contributed by atoms with Crippen molar-refractivity contribution in [3.05, 3.63) is 17.0 Å². The van der Waals surface area contributed by atoms with Gasteiger partial charge in [-0.05, 0) is 39.2 Å². The van der Waals surface area contributed by atoms with E-state index in [4.69, 9.17) is 11.6 Å². The van der Waals surface area contributed by atoms with Crippen LogP contribution >= 0.6 is 11.6 Å². The van der Waals surface area contributed by atoms with Crippen molar-refractivity contribution in [2.24, 2.45) is 5.92 Å². The van der Waals surface area contributed by atoms with Crippen LogP contribution < -0.4 is 5.32 Å². The SMILES string of the molecule is CCCc1c(Cl)ncnc1NCC1CCN(C(C)C)C1. The third-order valence-electron chi connectivity index (χ3n) is 4.00. The molecule has 4 nitrogen and oxygen atoms in total. The number of nitrogens with one attached hydrogen (secondary N) is 1. The molecule has 2 heterocycles. The van der Waals surface area contributed by atoms with Crippen molar-refractivity contribution < 1.29 is 0 Å². The minimum Gasteiger partial charge on any atom is -0.369 e. The molecule has 0 bridgehead atoms. The highest BCUT2D eigenvalue weighted by molar-refractivity contribution is 6.30. The number of aromatic nitrogens is 2. The van der Waals surface area contributed by atoms with Crippen molar-refractivity contribution in [3.8, 4) is 0 Å². The van der Waals surface area contributed by atoms with Crippen LogP contribution in [0.3, 0.4) is 0 Å². The minimum atomic E-state index is 0.583. The first-order valence-corrected chi connectivity index (χ1v) is 7.96. The van der Waals surface area contributed by atoms with Crippen LogP contribution in [0.5, 0.6) is 0 Å². The van der Waals surface area contributed by atoms with Crippen molar-refractivity contribution in [2.75, 3.05) is 25.0 Å². The van der Waals surface area contributed by atoms with E-state index in [1.807, 2.05) is 0 Å². The molecule has 5 heteroatoms. The minimum absolute atomic E-state index is 0.583. The normalized spacial score (nSPS) is 19.8. The topological polar surface area (TPSA) is 41.1 Å². The first kappa shape index (κ1) is 15.5. The van der Waals surface area contributed by atoms with Crippen LogP contribution in [-0.2, 0) is 6.42 Å². The number of anilines is 1. The summed E-state index contributed by atoms with van der Waals surface area (Å²) < 4.78 is 0. The molecule has 0 amide bonds. The molecule has 20 heavy (non-hydrogen) atoms. The molecule has 0 spiro atoms. The summed E-state index contributed by atoms with van der Waals surface area (Å²) in [5, 5.41) is 4.06. The van der Waals surface area contributed by atoms with Gasteiger partial charge in [-0.15, -0.1) is 0 Å². The summed E-state index contributed by atoms with van der Waals surface area (Å²) in [4.78, 5) is 11.0. The summed E-state index contributed by atoms with van der Waals surface area (Å²) in [6.07, 6.45) is 4.77. The lowest BCUT2D eigenvalue weighted by molar-refractivity contribution is 0.266. The van der Waals surface area contributed by atoms with Gasteiger partial charge in [0.25, 0.3) is 0 Å². The Balaban J connectivity index is 1.93. The third-order valence-corrected chi connectivity index (χ3v) is 4.32. The van der Waals surface area contributed by atoms with Gasteiger partial charge in [0.1, 0.15) is 17.3 Å². The molecule has 2 rings (SSSR count). The molecule has 1 atom stereocenters. The van der Waals surface area contributed by atoms with Gasteiger partial charge in [-0.2, -0.15) is 0 Å². The average molecular weight is 297 g/mol. The maximum absolute atomic E-state index is 6.17. The number of nitrogens with zero attached hydrogens (tertiary/aromatic N) is 3. The Bertz CT molecular complexity index is 436. The van der Waals surface area contributed by atoms with E-state index in [0.717, 1.165) is 30.8 Å². The van der Waals surface area contributed by atoms with Crippen molar-refractivity contribution in [1.29, 1.82) is 0 Å². The van der Waals surface area contributed by atoms with Gasteiger partial charge in [0.15, 0.2) is 0 Å². The molecule has 0 aromatic carbocycles. The number of halogens is 1. The van der Waals surface area contributed by atoms with Gasteiger partial charge in [-0.3, -0.25) is 0 Å². The second kappa shape index (κ2) is 7.23. The van der Waals surface area contributed by atoms with E-state index in [9.17, 15) is 0 Å². The molecular weight excluding hydrogens is 272 g/mol. The van der Waals surface area contributed by atoms with Crippen LogP contribution in [-0.4, -0.2) is 40.5 Å². The largest absolute Gasteiger partial charge is 0.369 e. The summed E-state index contributed by atoms with van der Waals surface area (Å²) in [5.41, 5.74) is 1.05. The molecule has 1 saturated heterocycles. The molecular formula is C15H25ClN4. The molecule has 112 valence electrons. The highest BCUT2D eigenvalue weighted by atomic mass is 35.5. The van der Waals surface area contributed by atoms with Gasteiger partial charge in [0.05, 0.1) is 0 Å². The predicted octanol–water partition coefficient (Wildman–Crippen LogP) is 3.22. The van der Waals surface area contributed by atoms with E-state index < -0.39 is 0 Å². The predicted molar refractivity (Wildman–Crippen MR) is 84.3 cm³/mol. The van der Waals surface area contributed by atoms with Crippen LogP contribution in [0.2, 0.25) is 5.15 Å². The molecule has 1 unspecified atom stereocenters. The third kappa shape index (κ3) is 3.83. The number of hydrogen-bond acceptors (Lipinski definition) is 4. The van der Waals surface area contributed by atoms with Crippen LogP contribution in [0.15, 0.2) is 6.33 Å². The van der Waals surface area contributed by atoms with Gasteiger partial charge in [0, 0.05) is 24.7 Å². The first-order chi connectivity index (χ1) is 9.61. The molecule has 1 aliphatic heterocycles. The standard InChI is InChI=1S/C15H25ClN4/c1-4-5-13-14(16)18-10-19-15(13)17-8-12-6-7-20(9-12)11(2)3/h10-12H,4-9H2,1-3H3,(H,17,18,19). The van der Waals surface area contributed by atoms with Gasteiger partial charge in [0.2, 0.25) is 0 Å². The summed E-state index contributed by atoms with van der Waals surface area (Å²) in [6.45, 7) is 10.0. The Kier molecular flexibility index (Phi) is 5.61. The van der Waals surface area contributed by atoms with E-state index in [2.05, 4.69) is 41.0 Å². The van der Waals surface area contributed by atoms with Crippen molar-refractivity contribution in [2.45, 2.75) is 46.1 Å². The first-order valence-electron chi connectivity index (χ1n) is 7.59. The second-order valence-electron chi connectivity index (χ2n) is 5.87. The summed E-state index contributed by atoms with van der Waals surface area (Å²) >= 11 is 6.17. The van der Waals surface area contributed by atoms with Crippen LogP contribution in [0, 0.1) is 5.92 Å². The highest BCUT2D eigenvalue weighted by Crippen LogP contribution is 2.23. The van der Waals surface area contributed by atoms with Crippen LogP contribution in [0.25, 0.3) is 0 Å². The molecule has 0 radical (unpaired) electrons. The zero-order valence-electron chi connectivity index (χ0n) is 12.7. The van der Waals surface area contributed by atoms with Crippen LogP contribution in [0.1, 0.15) is 39.2 Å². The fourth-order valence-electron chi connectivity index (χ4n) is 2.75. The van der Waals surface area contributed by atoms with Crippen LogP contribution in [0.4, 0.5) is 5.82 Å². The zero-order valence-corrected chi connectivity index (χ0v) is 13.5. The van der Waals surface area contributed by atoms with E-state index in [1.165, 1.54) is 19.5 Å². The lowest BCUT2D eigenvalue weighted by Crippen LogP contribution is -2.29. The average Bonchev–Trinajstić information content (AvgIpc) is 2.89. The van der Waals surface area contributed by atoms with Gasteiger partial charge < -0.3 is 10.2 Å². The maximum Gasteiger partial charge on any atom is 0.137 e. The molecule has 1 aromatic heterocycles. The summed E-state index contributed by atoms with van der Waals surface area (Å²) in [5.74, 6) is 1.61. The van der Waals surface area contributed by atoms with Gasteiger partial charge in [-0.1, -0.05) is 24.9 Å². The summed E-state index contributed by atoms with van der Waals surface area (Å²) in [6, 6.07) is 0.643. The monoisotopic (exact) mass is 296 g/mol. The van der Waals surface area contributed by atoms with E-state index in [1.54, 1.807) is 6.33 Å². The smallest absolute Gasteiger partial charge is 0.137 e. The fourth-order valence-corrected chi connectivity index (χ4v) is 2.98. The van der Waals surface area contributed by atoms with Gasteiger partial charge >= 0.3 is 0 Å².